The molecule has 1 amide bonds. The molecule has 4 rings (SSSR count). The normalized spacial score (nSPS) is 16.6. The molecule has 3 aromatic carbocycles. The number of ketones is 1. The van der Waals surface area contributed by atoms with Crippen LogP contribution in [-0.4, -0.2) is 54.2 Å². The van der Waals surface area contributed by atoms with Gasteiger partial charge in [-0.3, -0.25) is 9.59 Å². The van der Waals surface area contributed by atoms with E-state index in [-0.39, 0.29) is 29.4 Å². The molecule has 0 saturated carbocycles. The van der Waals surface area contributed by atoms with Crippen molar-refractivity contribution in [1.82, 2.24) is 4.90 Å². The number of aliphatic hydroxyl groups is 1. The first kappa shape index (κ1) is 26.8. The summed E-state index contributed by atoms with van der Waals surface area (Å²) in [4.78, 5) is 27.8. The van der Waals surface area contributed by atoms with Crippen LogP contribution in [-0.2, 0) is 20.9 Å². The third kappa shape index (κ3) is 5.50. The van der Waals surface area contributed by atoms with Crippen molar-refractivity contribution >= 4 is 17.4 Å². The molecule has 1 atom stereocenters. The highest BCUT2D eigenvalue weighted by Gasteiger charge is 2.46. The van der Waals surface area contributed by atoms with Gasteiger partial charge in [0.2, 0.25) is 0 Å². The Morgan fingerprint density at radius 1 is 1.00 bits per heavy atom. The second kappa shape index (κ2) is 11.8. The quantitative estimate of drug-likeness (QED) is 0.173. The molecule has 8 nitrogen and oxygen atoms in total. The molecule has 0 spiro atoms. The molecule has 1 heterocycles. The number of rotatable bonds is 10. The van der Waals surface area contributed by atoms with E-state index in [1.54, 1.807) is 44.4 Å². The SMILES string of the molecule is COCCCN1C(=O)C(=O)C(=C(O)c2ccc(OCc3ccccc3)cc2C)[C@H]1c1ccc(O)c(OC)c1. The zero-order chi connectivity index (χ0) is 27.2. The summed E-state index contributed by atoms with van der Waals surface area (Å²) in [5.41, 5.74) is 2.62. The number of Topliss-reactive ketones (excluding diaryl/α,β-unsaturated/α-hetero) is 1. The van der Waals surface area contributed by atoms with Crippen LogP contribution >= 0.6 is 0 Å². The van der Waals surface area contributed by atoms with E-state index < -0.39 is 17.7 Å². The molecule has 198 valence electrons. The van der Waals surface area contributed by atoms with Gasteiger partial charge in [-0.2, -0.15) is 0 Å². The summed E-state index contributed by atoms with van der Waals surface area (Å²) in [6.45, 7) is 2.84. The van der Waals surface area contributed by atoms with E-state index in [0.29, 0.717) is 42.1 Å². The van der Waals surface area contributed by atoms with E-state index in [9.17, 15) is 19.8 Å². The zero-order valence-corrected chi connectivity index (χ0v) is 21.6. The maximum atomic E-state index is 13.3. The largest absolute Gasteiger partial charge is 0.507 e. The van der Waals surface area contributed by atoms with E-state index >= 15 is 0 Å². The van der Waals surface area contributed by atoms with E-state index in [1.165, 1.54) is 18.1 Å². The van der Waals surface area contributed by atoms with E-state index in [0.717, 1.165) is 5.56 Å². The highest BCUT2D eigenvalue weighted by atomic mass is 16.5. The minimum atomic E-state index is -0.866. The number of amides is 1. The van der Waals surface area contributed by atoms with Gasteiger partial charge in [0, 0.05) is 25.8 Å². The van der Waals surface area contributed by atoms with Gasteiger partial charge in [-0.05, 0) is 60.4 Å². The van der Waals surface area contributed by atoms with Crippen molar-refractivity contribution < 1.29 is 34.0 Å². The van der Waals surface area contributed by atoms with Gasteiger partial charge in [-0.15, -0.1) is 0 Å². The Labute approximate surface area is 221 Å². The number of aliphatic hydroxyl groups excluding tert-OH is 1. The van der Waals surface area contributed by atoms with E-state index in [2.05, 4.69) is 0 Å². The van der Waals surface area contributed by atoms with Crippen LogP contribution in [0.2, 0.25) is 0 Å². The van der Waals surface area contributed by atoms with Gasteiger partial charge >= 0.3 is 0 Å². The summed E-state index contributed by atoms with van der Waals surface area (Å²) >= 11 is 0. The Morgan fingerprint density at radius 3 is 2.45 bits per heavy atom. The lowest BCUT2D eigenvalue weighted by molar-refractivity contribution is -0.140. The van der Waals surface area contributed by atoms with Crippen LogP contribution in [0.1, 0.15) is 34.7 Å². The molecule has 0 bridgehead atoms. The Kier molecular flexibility index (Phi) is 8.33. The minimum absolute atomic E-state index is 0.0267. The monoisotopic (exact) mass is 517 g/mol. The van der Waals surface area contributed by atoms with Gasteiger partial charge in [-0.25, -0.2) is 0 Å². The summed E-state index contributed by atoms with van der Waals surface area (Å²) in [7, 11) is 2.98. The van der Waals surface area contributed by atoms with Crippen LogP contribution in [0.3, 0.4) is 0 Å². The Bertz CT molecular complexity index is 1350. The Morgan fingerprint density at radius 2 is 1.76 bits per heavy atom. The first-order valence-electron chi connectivity index (χ1n) is 12.3. The Balaban J connectivity index is 1.72. The minimum Gasteiger partial charge on any atom is -0.507 e. The van der Waals surface area contributed by atoms with Crippen LogP contribution in [0.4, 0.5) is 0 Å². The van der Waals surface area contributed by atoms with Crippen molar-refractivity contribution in [3.8, 4) is 17.2 Å². The number of phenolic OH excluding ortho intramolecular Hbond substituents is 1. The molecule has 1 aliphatic heterocycles. The fraction of sp³-hybridized carbons (Fsp3) is 0.267. The van der Waals surface area contributed by atoms with Gasteiger partial charge in [0.05, 0.1) is 18.7 Å². The van der Waals surface area contributed by atoms with Crippen LogP contribution < -0.4 is 9.47 Å². The fourth-order valence-corrected chi connectivity index (χ4v) is 4.58. The van der Waals surface area contributed by atoms with Gasteiger partial charge in [-0.1, -0.05) is 36.4 Å². The lowest BCUT2D eigenvalue weighted by Crippen LogP contribution is -2.31. The topological polar surface area (TPSA) is 106 Å². The smallest absolute Gasteiger partial charge is 0.295 e. The van der Waals surface area contributed by atoms with Gasteiger partial charge in [0.25, 0.3) is 11.7 Å². The number of carbonyl (C=O) groups is 2. The predicted octanol–water partition coefficient (Wildman–Crippen LogP) is 4.75. The second-order valence-corrected chi connectivity index (χ2v) is 9.02. The number of methoxy groups -OCH3 is 2. The standard InChI is InChI=1S/C30H31NO7/c1-19-16-22(38-18-20-8-5-4-6-9-20)11-12-23(19)28(33)26-27(21-10-13-24(32)25(17-21)37-3)31(14-7-15-36-2)30(35)29(26)34/h4-6,8-13,16-17,27,32-33H,7,14-15,18H2,1-3H3/t27-/m1/s1. The summed E-state index contributed by atoms with van der Waals surface area (Å²) in [6, 6.07) is 18.7. The number of hydrogen-bond donors (Lipinski definition) is 2. The lowest BCUT2D eigenvalue weighted by atomic mass is 9.93. The van der Waals surface area contributed by atoms with Crippen molar-refractivity contribution in [2.75, 3.05) is 27.4 Å². The van der Waals surface area contributed by atoms with E-state index in [4.69, 9.17) is 14.2 Å². The third-order valence-corrected chi connectivity index (χ3v) is 6.51. The molecule has 0 aliphatic carbocycles. The van der Waals surface area contributed by atoms with Crippen LogP contribution in [0.5, 0.6) is 17.2 Å². The van der Waals surface area contributed by atoms with Crippen molar-refractivity contribution in [3.05, 3.63) is 94.6 Å². The molecule has 0 radical (unpaired) electrons. The highest BCUT2D eigenvalue weighted by molar-refractivity contribution is 6.46. The van der Waals surface area contributed by atoms with Crippen LogP contribution in [0.25, 0.3) is 5.76 Å². The summed E-state index contributed by atoms with van der Waals surface area (Å²) in [5.74, 6) is -1.03. The van der Waals surface area contributed by atoms with Gasteiger partial charge in [0.15, 0.2) is 11.5 Å². The molecule has 1 aliphatic rings. The Hall–Kier alpha value is -4.30. The van der Waals surface area contributed by atoms with Crippen molar-refractivity contribution in [3.63, 3.8) is 0 Å². The molecule has 0 unspecified atom stereocenters. The number of aromatic hydroxyl groups is 1. The van der Waals surface area contributed by atoms with Crippen molar-refractivity contribution in [1.29, 1.82) is 0 Å². The molecule has 0 aromatic heterocycles. The first-order valence-corrected chi connectivity index (χ1v) is 12.3. The fourth-order valence-electron chi connectivity index (χ4n) is 4.58. The number of hydrogen-bond acceptors (Lipinski definition) is 7. The summed E-state index contributed by atoms with van der Waals surface area (Å²) in [6.07, 6.45) is 0.502. The number of nitrogens with zero attached hydrogens (tertiary/aromatic N) is 1. The second-order valence-electron chi connectivity index (χ2n) is 9.02. The summed E-state index contributed by atoms with van der Waals surface area (Å²) in [5, 5.41) is 21.5. The number of phenols is 1. The average molecular weight is 518 g/mol. The number of aryl methyl sites for hydroxylation is 1. The van der Waals surface area contributed by atoms with Crippen LogP contribution in [0, 0.1) is 6.92 Å². The first-order chi connectivity index (χ1) is 18.3. The number of likely N-dealkylation sites (tertiary alicyclic amines) is 1. The molecular formula is C30H31NO7. The highest BCUT2D eigenvalue weighted by Crippen LogP contribution is 2.42. The van der Waals surface area contributed by atoms with Gasteiger partial charge in [0.1, 0.15) is 18.1 Å². The molecule has 1 fully saturated rings. The maximum absolute atomic E-state index is 13.3. The maximum Gasteiger partial charge on any atom is 0.295 e. The number of benzene rings is 3. The number of ether oxygens (including phenoxy) is 3. The van der Waals surface area contributed by atoms with Crippen molar-refractivity contribution in [2.45, 2.75) is 26.0 Å². The molecular weight excluding hydrogens is 486 g/mol. The molecule has 38 heavy (non-hydrogen) atoms. The molecule has 2 N–H and O–H groups in total. The predicted molar refractivity (Wildman–Crippen MR) is 142 cm³/mol. The number of carbonyl (C=O) groups excluding carboxylic acids is 2. The third-order valence-electron chi connectivity index (χ3n) is 6.51. The molecule has 8 heteroatoms. The molecule has 1 saturated heterocycles. The average Bonchev–Trinajstić information content (AvgIpc) is 3.17. The van der Waals surface area contributed by atoms with E-state index in [1.807, 2.05) is 30.3 Å². The van der Waals surface area contributed by atoms with Crippen molar-refractivity contribution in [2.24, 2.45) is 0 Å². The molecule has 3 aromatic rings. The van der Waals surface area contributed by atoms with Crippen LogP contribution in [0.15, 0.2) is 72.3 Å². The summed E-state index contributed by atoms with van der Waals surface area (Å²) < 4.78 is 16.3. The lowest BCUT2D eigenvalue weighted by Gasteiger charge is -2.26. The zero-order valence-electron chi connectivity index (χ0n) is 21.6. The van der Waals surface area contributed by atoms with Gasteiger partial charge < -0.3 is 29.3 Å².